The Morgan fingerprint density at radius 3 is 2.53 bits per heavy atom. The van der Waals surface area contributed by atoms with Crippen molar-refractivity contribution >= 4 is 0 Å². The Labute approximate surface area is 87.0 Å². The van der Waals surface area contributed by atoms with Crippen LogP contribution < -0.4 is 15.2 Å². The molecule has 1 fully saturated rings. The van der Waals surface area contributed by atoms with Gasteiger partial charge in [0.05, 0.1) is 0 Å². The highest BCUT2D eigenvalue weighted by Crippen LogP contribution is 2.47. The topological polar surface area (TPSA) is 44.5 Å². The molecule has 3 nitrogen and oxygen atoms in total. The van der Waals surface area contributed by atoms with Gasteiger partial charge in [-0.15, -0.1) is 0 Å². The molecule has 1 saturated carbocycles. The van der Waals surface area contributed by atoms with Crippen LogP contribution in [-0.2, 0) is 12.2 Å². The maximum absolute atomic E-state index is 12.9. The fourth-order valence-electron chi connectivity index (χ4n) is 1.96. The lowest BCUT2D eigenvalue weighted by atomic mass is 9.99. The van der Waals surface area contributed by atoms with Gasteiger partial charge in [0.2, 0.25) is 6.79 Å². The van der Waals surface area contributed by atoms with E-state index in [1.54, 1.807) is 6.07 Å². The van der Waals surface area contributed by atoms with Crippen LogP contribution in [0.4, 0.5) is 4.39 Å². The van der Waals surface area contributed by atoms with Gasteiger partial charge in [0.15, 0.2) is 11.5 Å². The third-order valence-corrected chi connectivity index (χ3v) is 3.07. The largest absolute Gasteiger partial charge is 0.454 e. The van der Waals surface area contributed by atoms with Crippen LogP contribution in [-0.4, -0.2) is 6.79 Å². The molecule has 80 valence electrons. The summed E-state index contributed by atoms with van der Waals surface area (Å²) < 4.78 is 23.3. The number of benzene rings is 1. The monoisotopic (exact) mass is 209 g/mol. The van der Waals surface area contributed by atoms with Crippen molar-refractivity contribution < 1.29 is 13.9 Å². The number of fused-ring (bicyclic) bond motifs is 1. The molecule has 15 heavy (non-hydrogen) atoms. The smallest absolute Gasteiger partial charge is 0.231 e. The fraction of sp³-hybridized carbons (Fsp3) is 0.455. The van der Waals surface area contributed by atoms with Crippen molar-refractivity contribution in [2.24, 2.45) is 5.73 Å². The normalized spacial score (nSPS) is 20.4. The van der Waals surface area contributed by atoms with Crippen molar-refractivity contribution in [1.82, 2.24) is 0 Å². The summed E-state index contributed by atoms with van der Waals surface area (Å²) in [7, 11) is 0. The van der Waals surface area contributed by atoms with Crippen LogP contribution >= 0.6 is 0 Å². The number of halogens is 1. The van der Waals surface area contributed by atoms with Crippen LogP contribution in [0, 0.1) is 0 Å². The molecule has 2 N–H and O–H groups in total. The summed E-state index contributed by atoms with van der Waals surface area (Å²) in [5.41, 5.74) is 7.24. The summed E-state index contributed by atoms with van der Waals surface area (Å²) in [5, 5.41) is 0. The maximum atomic E-state index is 12.9. The van der Waals surface area contributed by atoms with E-state index < -0.39 is 6.67 Å². The standard InChI is InChI=1S/C11H12FNO2/c12-5-7-3-9-10(15-6-14-9)4-8(7)11(13)1-2-11/h3-4H,1-2,5-6,13H2. The number of hydrogen-bond acceptors (Lipinski definition) is 3. The van der Waals surface area contributed by atoms with Crippen molar-refractivity contribution in [2.75, 3.05) is 6.79 Å². The van der Waals surface area contributed by atoms with Crippen molar-refractivity contribution in [3.63, 3.8) is 0 Å². The van der Waals surface area contributed by atoms with Gasteiger partial charge in [0, 0.05) is 5.54 Å². The van der Waals surface area contributed by atoms with Crippen LogP contribution in [0.5, 0.6) is 11.5 Å². The molecule has 0 atom stereocenters. The summed E-state index contributed by atoms with van der Waals surface area (Å²) in [6.45, 7) is -0.299. The maximum Gasteiger partial charge on any atom is 0.231 e. The van der Waals surface area contributed by atoms with Gasteiger partial charge < -0.3 is 15.2 Å². The molecule has 0 aromatic heterocycles. The van der Waals surface area contributed by atoms with Crippen LogP contribution in [0.3, 0.4) is 0 Å². The summed E-state index contributed by atoms with van der Waals surface area (Å²) in [4.78, 5) is 0. The third-order valence-electron chi connectivity index (χ3n) is 3.07. The third kappa shape index (κ3) is 1.28. The molecule has 0 saturated heterocycles. The molecule has 1 aromatic carbocycles. The van der Waals surface area contributed by atoms with Crippen molar-refractivity contribution in [3.05, 3.63) is 23.3 Å². The average molecular weight is 209 g/mol. The van der Waals surface area contributed by atoms with Gasteiger partial charge in [0.25, 0.3) is 0 Å². The molecule has 1 aliphatic carbocycles. The quantitative estimate of drug-likeness (QED) is 0.808. The Balaban J connectivity index is 2.12. The second-order valence-electron chi connectivity index (χ2n) is 4.15. The van der Waals surface area contributed by atoms with Crippen LogP contribution in [0.15, 0.2) is 12.1 Å². The van der Waals surface area contributed by atoms with Crippen molar-refractivity contribution in [3.8, 4) is 11.5 Å². The summed E-state index contributed by atoms with van der Waals surface area (Å²) in [6.07, 6.45) is 1.83. The van der Waals surface area contributed by atoms with Gasteiger partial charge in [-0.25, -0.2) is 4.39 Å². The minimum atomic E-state index is -0.509. The van der Waals surface area contributed by atoms with Crippen molar-refractivity contribution in [1.29, 1.82) is 0 Å². The molecule has 0 bridgehead atoms. The molecule has 1 heterocycles. The molecular weight excluding hydrogens is 197 g/mol. The molecule has 2 aliphatic rings. The highest BCUT2D eigenvalue weighted by molar-refractivity contribution is 5.52. The number of ether oxygens (including phenoxy) is 2. The molecule has 1 aromatic rings. The van der Waals surface area contributed by atoms with Gasteiger partial charge in [-0.05, 0) is 36.1 Å². The lowest BCUT2D eigenvalue weighted by Crippen LogP contribution is -2.20. The van der Waals surface area contributed by atoms with Crippen LogP contribution in [0.1, 0.15) is 24.0 Å². The van der Waals surface area contributed by atoms with E-state index in [2.05, 4.69) is 0 Å². The predicted octanol–water partition coefficient (Wildman–Crippen LogP) is 1.83. The van der Waals surface area contributed by atoms with E-state index in [4.69, 9.17) is 15.2 Å². The van der Waals surface area contributed by atoms with E-state index >= 15 is 0 Å². The van der Waals surface area contributed by atoms with Gasteiger partial charge in [-0.2, -0.15) is 0 Å². The first kappa shape index (κ1) is 8.97. The molecule has 0 radical (unpaired) electrons. The van der Waals surface area contributed by atoms with E-state index in [9.17, 15) is 4.39 Å². The lowest BCUT2D eigenvalue weighted by molar-refractivity contribution is 0.174. The Hall–Kier alpha value is -1.29. The summed E-state index contributed by atoms with van der Waals surface area (Å²) >= 11 is 0. The number of alkyl halides is 1. The molecule has 4 heteroatoms. The molecule has 0 unspecified atom stereocenters. The van der Waals surface area contributed by atoms with Gasteiger partial charge in [0.1, 0.15) is 6.67 Å². The Morgan fingerprint density at radius 2 is 1.93 bits per heavy atom. The zero-order valence-electron chi connectivity index (χ0n) is 8.25. The second-order valence-corrected chi connectivity index (χ2v) is 4.15. The average Bonchev–Trinajstić information content (AvgIpc) is 2.83. The predicted molar refractivity (Wildman–Crippen MR) is 52.5 cm³/mol. The molecule has 3 rings (SSSR count). The summed E-state index contributed by atoms with van der Waals surface area (Å²) in [6, 6.07) is 3.52. The molecule has 0 spiro atoms. The zero-order valence-corrected chi connectivity index (χ0v) is 8.25. The van der Waals surface area contributed by atoms with Gasteiger partial charge in [-0.1, -0.05) is 0 Å². The second kappa shape index (κ2) is 2.85. The number of hydrogen-bond donors (Lipinski definition) is 1. The minimum absolute atomic E-state index is 0.210. The minimum Gasteiger partial charge on any atom is -0.454 e. The molecule has 0 amide bonds. The molecular formula is C11H12FNO2. The van der Waals surface area contributed by atoms with E-state index in [0.29, 0.717) is 17.1 Å². The fourth-order valence-corrected chi connectivity index (χ4v) is 1.96. The van der Waals surface area contributed by atoms with Gasteiger partial charge in [-0.3, -0.25) is 0 Å². The lowest BCUT2D eigenvalue weighted by Gasteiger charge is -2.14. The van der Waals surface area contributed by atoms with Gasteiger partial charge >= 0.3 is 0 Å². The Kier molecular flexibility index (Phi) is 1.71. The number of nitrogens with two attached hydrogens (primary N) is 1. The summed E-state index contributed by atoms with van der Waals surface area (Å²) in [5.74, 6) is 1.30. The highest BCUT2D eigenvalue weighted by Gasteiger charge is 2.42. The first-order chi connectivity index (χ1) is 7.23. The first-order valence-corrected chi connectivity index (χ1v) is 5.01. The Morgan fingerprint density at radius 1 is 1.27 bits per heavy atom. The van der Waals surface area contributed by atoms with E-state index in [1.165, 1.54) is 0 Å². The SMILES string of the molecule is NC1(c2cc3c(cc2CF)OCO3)CC1. The van der Waals surface area contributed by atoms with E-state index in [-0.39, 0.29) is 12.3 Å². The van der Waals surface area contributed by atoms with E-state index in [1.807, 2.05) is 6.07 Å². The first-order valence-electron chi connectivity index (χ1n) is 5.01. The number of rotatable bonds is 2. The van der Waals surface area contributed by atoms with Crippen LogP contribution in [0.2, 0.25) is 0 Å². The zero-order chi connectivity index (χ0) is 10.5. The van der Waals surface area contributed by atoms with E-state index in [0.717, 1.165) is 18.4 Å². The van der Waals surface area contributed by atoms with Crippen molar-refractivity contribution in [2.45, 2.75) is 25.1 Å². The van der Waals surface area contributed by atoms with Crippen LogP contribution in [0.25, 0.3) is 0 Å². The molecule has 1 aliphatic heterocycles. The highest BCUT2D eigenvalue weighted by atomic mass is 19.1. The Bertz CT molecular complexity index is 415.